The highest BCUT2D eigenvalue weighted by Gasteiger charge is 2.39. The SMILES string of the molecule is CS(=O)(=O)N1CCN(C(=O)N2CC(CNc3cnc(C#N)cn3)C(c3ccc(Cl)c(Cl)c3)C2)CC1. The van der Waals surface area contributed by atoms with Crippen LogP contribution in [-0.4, -0.2) is 90.6 Å². The van der Waals surface area contributed by atoms with Gasteiger partial charge in [0, 0.05) is 57.6 Å². The second-order valence-electron chi connectivity index (χ2n) is 8.66. The van der Waals surface area contributed by atoms with Gasteiger partial charge < -0.3 is 15.1 Å². The zero-order valence-corrected chi connectivity index (χ0v) is 21.4. The van der Waals surface area contributed by atoms with Crippen molar-refractivity contribution in [3.05, 3.63) is 51.9 Å². The van der Waals surface area contributed by atoms with E-state index >= 15 is 0 Å². The van der Waals surface area contributed by atoms with Crippen LogP contribution in [0.15, 0.2) is 30.6 Å². The number of likely N-dealkylation sites (tertiary alicyclic amines) is 1. The Bertz CT molecular complexity index is 1230. The minimum Gasteiger partial charge on any atom is -0.368 e. The average molecular weight is 538 g/mol. The first-order valence-corrected chi connectivity index (χ1v) is 13.7. The van der Waals surface area contributed by atoms with Crippen molar-refractivity contribution in [2.24, 2.45) is 5.92 Å². The van der Waals surface area contributed by atoms with Crippen molar-refractivity contribution < 1.29 is 13.2 Å². The lowest BCUT2D eigenvalue weighted by Crippen LogP contribution is -2.53. The van der Waals surface area contributed by atoms with Gasteiger partial charge in [-0.25, -0.2) is 23.2 Å². The number of halogens is 2. The fourth-order valence-electron chi connectivity index (χ4n) is 4.48. The molecule has 10 nitrogen and oxygen atoms in total. The molecule has 2 fully saturated rings. The van der Waals surface area contributed by atoms with Crippen LogP contribution in [0.2, 0.25) is 10.0 Å². The van der Waals surface area contributed by atoms with E-state index in [4.69, 9.17) is 28.5 Å². The van der Waals surface area contributed by atoms with Gasteiger partial charge >= 0.3 is 6.03 Å². The van der Waals surface area contributed by atoms with Crippen molar-refractivity contribution in [1.82, 2.24) is 24.1 Å². The van der Waals surface area contributed by atoms with Gasteiger partial charge in [-0.3, -0.25) is 0 Å². The van der Waals surface area contributed by atoms with E-state index in [9.17, 15) is 13.2 Å². The number of piperazine rings is 1. The van der Waals surface area contributed by atoms with Crippen LogP contribution in [0.3, 0.4) is 0 Å². The van der Waals surface area contributed by atoms with Gasteiger partial charge in [0.15, 0.2) is 5.69 Å². The van der Waals surface area contributed by atoms with E-state index in [0.29, 0.717) is 48.6 Å². The van der Waals surface area contributed by atoms with E-state index in [1.807, 2.05) is 18.2 Å². The predicted octanol–water partition coefficient (Wildman–Crippen LogP) is 2.48. The third kappa shape index (κ3) is 5.95. The zero-order chi connectivity index (χ0) is 25.2. The molecule has 1 aromatic heterocycles. The van der Waals surface area contributed by atoms with Crippen LogP contribution in [0.1, 0.15) is 17.2 Å². The molecule has 1 aromatic carbocycles. The molecule has 2 unspecified atom stereocenters. The number of carbonyl (C=O) groups is 1. The molecule has 0 bridgehead atoms. The second-order valence-corrected chi connectivity index (χ2v) is 11.5. The van der Waals surface area contributed by atoms with Gasteiger partial charge in [0.1, 0.15) is 11.9 Å². The maximum atomic E-state index is 13.3. The van der Waals surface area contributed by atoms with Gasteiger partial charge in [-0.05, 0) is 17.7 Å². The quantitative estimate of drug-likeness (QED) is 0.621. The second kappa shape index (κ2) is 10.5. The monoisotopic (exact) mass is 537 g/mol. The summed E-state index contributed by atoms with van der Waals surface area (Å²) in [7, 11) is -3.27. The van der Waals surface area contributed by atoms with Crippen molar-refractivity contribution in [2.45, 2.75) is 5.92 Å². The molecular weight excluding hydrogens is 513 g/mol. The van der Waals surface area contributed by atoms with Crippen LogP contribution in [-0.2, 0) is 10.0 Å². The van der Waals surface area contributed by atoms with Crippen molar-refractivity contribution in [2.75, 3.05) is 57.4 Å². The molecular formula is C22H25Cl2N7O3S. The Balaban J connectivity index is 1.48. The van der Waals surface area contributed by atoms with Gasteiger partial charge in [-0.2, -0.15) is 9.57 Å². The molecule has 2 aliphatic heterocycles. The number of sulfonamides is 1. The van der Waals surface area contributed by atoms with Crippen molar-refractivity contribution in [3.8, 4) is 6.07 Å². The van der Waals surface area contributed by atoms with Gasteiger partial charge in [-0.15, -0.1) is 0 Å². The number of anilines is 1. The number of rotatable bonds is 5. The smallest absolute Gasteiger partial charge is 0.320 e. The van der Waals surface area contributed by atoms with Gasteiger partial charge in [-0.1, -0.05) is 29.3 Å². The van der Waals surface area contributed by atoms with Crippen molar-refractivity contribution in [1.29, 1.82) is 5.26 Å². The lowest BCUT2D eigenvalue weighted by atomic mass is 9.89. The molecule has 2 saturated heterocycles. The van der Waals surface area contributed by atoms with E-state index in [-0.39, 0.29) is 36.7 Å². The number of nitrogens with zero attached hydrogens (tertiary/aromatic N) is 6. The van der Waals surface area contributed by atoms with Crippen LogP contribution in [0.4, 0.5) is 10.6 Å². The normalized spacial score (nSPS) is 21.1. The Labute approximate surface area is 214 Å². The molecule has 35 heavy (non-hydrogen) atoms. The number of amides is 2. The molecule has 0 saturated carbocycles. The van der Waals surface area contributed by atoms with Crippen LogP contribution < -0.4 is 5.32 Å². The molecule has 2 amide bonds. The molecule has 0 radical (unpaired) electrons. The first-order valence-electron chi connectivity index (χ1n) is 11.1. The number of hydrogen-bond acceptors (Lipinski definition) is 7. The number of nitrogens with one attached hydrogen (secondary N) is 1. The van der Waals surface area contributed by atoms with Gasteiger partial charge in [0.05, 0.1) is 28.7 Å². The lowest BCUT2D eigenvalue weighted by molar-refractivity contribution is 0.141. The molecule has 13 heteroatoms. The summed E-state index contributed by atoms with van der Waals surface area (Å²) in [4.78, 5) is 25.1. The minimum absolute atomic E-state index is 0.00451. The Morgan fingerprint density at radius 2 is 1.86 bits per heavy atom. The Hall–Kier alpha value is -2.65. The largest absolute Gasteiger partial charge is 0.368 e. The van der Waals surface area contributed by atoms with Gasteiger partial charge in [0.25, 0.3) is 0 Å². The molecule has 1 N–H and O–H groups in total. The molecule has 186 valence electrons. The Morgan fingerprint density at radius 3 is 2.46 bits per heavy atom. The van der Waals surface area contributed by atoms with Gasteiger partial charge in [0.2, 0.25) is 10.0 Å². The number of aromatic nitrogens is 2. The Kier molecular flexibility index (Phi) is 7.66. The maximum absolute atomic E-state index is 13.3. The van der Waals surface area contributed by atoms with E-state index in [2.05, 4.69) is 15.3 Å². The summed E-state index contributed by atoms with van der Waals surface area (Å²) in [5.74, 6) is 0.592. The van der Waals surface area contributed by atoms with E-state index in [1.54, 1.807) is 15.9 Å². The molecule has 2 aliphatic rings. The maximum Gasteiger partial charge on any atom is 0.320 e. The summed E-state index contributed by atoms with van der Waals surface area (Å²) < 4.78 is 25.0. The third-order valence-corrected chi connectivity index (χ3v) is 8.42. The zero-order valence-electron chi connectivity index (χ0n) is 19.1. The molecule has 2 atom stereocenters. The van der Waals surface area contributed by atoms with Crippen LogP contribution in [0, 0.1) is 17.2 Å². The number of hydrogen-bond donors (Lipinski definition) is 1. The first kappa shape index (κ1) is 25.4. The molecule has 3 heterocycles. The molecule has 4 rings (SSSR count). The Morgan fingerprint density at radius 1 is 1.11 bits per heavy atom. The summed E-state index contributed by atoms with van der Waals surface area (Å²) in [6, 6.07) is 7.35. The fourth-order valence-corrected chi connectivity index (χ4v) is 5.61. The minimum atomic E-state index is -3.27. The summed E-state index contributed by atoms with van der Waals surface area (Å²) in [6.07, 6.45) is 4.09. The number of carbonyl (C=O) groups excluding carboxylic acids is 1. The van der Waals surface area contributed by atoms with Crippen molar-refractivity contribution in [3.63, 3.8) is 0 Å². The highest BCUT2D eigenvalue weighted by Crippen LogP contribution is 2.36. The fraction of sp³-hybridized carbons (Fsp3) is 0.455. The number of urea groups is 1. The number of nitriles is 1. The van der Waals surface area contributed by atoms with E-state index in [1.165, 1.54) is 23.0 Å². The molecule has 0 spiro atoms. The van der Waals surface area contributed by atoms with E-state index in [0.717, 1.165) is 5.56 Å². The predicted molar refractivity (Wildman–Crippen MR) is 133 cm³/mol. The summed E-state index contributed by atoms with van der Waals surface area (Å²) in [5, 5.41) is 13.1. The van der Waals surface area contributed by atoms with Crippen LogP contribution in [0.5, 0.6) is 0 Å². The average Bonchev–Trinajstić information content (AvgIpc) is 3.28. The topological polar surface area (TPSA) is 123 Å². The summed E-state index contributed by atoms with van der Waals surface area (Å²) >= 11 is 12.4. The van der Waals surface area contributed by atoms with E-state index < -0.39 is 10.0 Å². The lowest BCUT2D eigenvalue weighted by Gasteiger charge is -2.35. The van der Waals surface area contributed by atoms with Crippen LogP contribution >= 0.6 is 23.2 Å². The first-order chi connectivity index (χ1) is 16.7. The third-order valence-electron chi connectivity index (χ3n) is 6.37. The van der Waals surface area contributed by atoms with Crippen LogP contribution in [0.25, 0.3) is 0 Å². The highest BCUT2D eigenvalue weighted by molar-refractivity contribution is 7.88. The summed E-state index contributed by atoms with van der Waals surface area (Å²) in [6.45, 7) is 2.81. The molecule has 0 aliphatic carbocycles. The highest BCUT2D eigenvalue weighted by atomic mass is 35.5. The summed E-state index contributed by atoms with van der Waals surface area (Å²) in [5.41, 5.74) is 1.21. The molecule has 2 aromatic rings. The van der Waals surface area contributed by atoms with Crippen molar-refractivity contribution >= 4 is 45.1 Å². The number of benzene rings is 1. The standard InChI is InChI=1S/C22H25Cl2N7O3S/c1-35(33,34)31-6-4-29(5-7-31)22(32)30-13-16(10-27-21-12-26-17(9-25)11-28-21)18(14-30)15-2-3-19(23)20(24)8-15/h2-3,8,11-12,16,18H,4-7,10,13-14H2,1H3,(H,27,28).